The van der Waals surface area contributed by atoms with Crippen molar-refractivity contribution in [1.82, 2.24) is 9.37 Å². The Kier molecular flexibility index (Phi) is 16.6. The fourth-order valence-corrected chi connectivity index (χ4v) is 10.5. The molecule has 1 saturated heterocycles. The van der Waals surface area contributed by atoms with Crippen molar-refractivity contribution in [1.29, 1.82) is 0 Å². The minimum atomic E-state index is -4.45. The van der Waals surface area contributed by atoms with Gasteiger partial charge in [0.25, 0.3) is 32.1 Å². The summed E-state index contributed by atoms with van der Waals surface area (Å²) in [5.41, 5.74) is 2.92. The Hall–Kier alpha value is -4.56. The number of rotatable bonds is 22. The molecule has 2 aromatic carbocycles. The van der Waals surface area contributed by atoms with Gasteiger partial charge in [-0.05, 0) is 68.7 Å². The number of anilines is 1. The highest BCUT2D eigenvalue weighted by atomic mass is 32.2. The minimum Gasteiger partial charge on any atom is -0.344 e. The molecule has 3 N–H and O–H groups in total. The highest BCUT2D eigenvalue weighted by Gasteiger charge is 2.45. The normalized spacial score (nSPS) is 18.1. The maximum Gasteiger partial charge on any atom is 0.333 e. The maximum atomic E-state index is 13.8. The summed E-state index contributed by atoms with van der Waals surface area (Å²) in [6.07, 6.45) is 13.1. The first-order chi connectivity index (χ1) is 30.4. The lowest BCUT2D eigenvalue weighted by Gasteiger charge is -2.27. The first-order valence-electron chi connectivity index (χ1n) is 20.4. The van der Waals surface area contributed by atoms with Gasteiger partial charge in [0.1, 0.15) is 6.54 Å². The summed E-state index contributed by atoms with van der Waals surface area (Å²) in [5.74, 6) is -2.09. The lowest BCUT2D eigenvalue weighted by molar-refractivity contribution is -0.437. The van der Waals surface area contributed by atoms with E-state index >= 15 is 0 Å². The molecular weight excluding hydrogens is 929 g/mol. The smallest absolute Gasteiger partial charge is 0.333 e. The standard InChI is InChI=1S/C42H52N4O15S4/c1-41(2)32-28-30(64(54,55)43(5)23-11-16-40(49)59-46-38(47)21-22-39(46)48)17-19-34(32)45(25-13-27-63(51,52)53)37(41)15-10-8-6-7-9-14-36-42(3,4)33-29-31(65(56,57)58)18-20-35(33)44(36)24-12-26-62-61-60-50/h6-10,14-15,17-20,28-29H,11-13,16,21-27H2,1-5H3,(H2-,50,51,52,53,56,57,58)/p+1. The zero-order valence-corrected chi connectivity index (χ0v) is 39.7. The van der Waals surface area contributed by atoms with E-state index in [1.54, 1.807) is 42.5 Å². The number of imide groups is 1. The first kappa shape index (κ1) is 51.4. The van der Waals surface area contributed by atoms with Crippen molar-refractivity contribution in [2.75, 3.05) is 43.1 Å². The van der Waals surface area contributed by atoms with Crippen molar-refractivity contribution >= 4 is 77.2 Å². The lowest BCUT2D eigenvalue weighted by atomic mass is 9.81. The summed E-state index contributed by atoms with van der Waals surface area (Å²) in [6, 6.07) is 9.12. The lowest BCUT2D eigenvalue weighted by Crippen LogP contribution is -2.33. The summed E-state index contributed by atoms with van der Waals surface area (Å²) >= 11 is 0.921. The molecule has 0 unspecified atom stereocenters. The SMILES string of the molecule is CN(CCCC(=O)ON1C(=O)CCC1=O)S(=O)(=O)c1ccc2c(c1)C(C)(C)C(/C=C/C=C/C=C/C=C1/N(CCCSOOO)c3ccc(S(=O)(=O)O)cc3C1(C)C)=[N+]2CCCS(=O)(=O)O. The fourth-order valence-electron chi connectivity index (χ4n) is 7.89. The highest BCUT2D eigenvalue weighted by Crippen LogP contribution is 2.48. The molecule has 0 saturated carbocycles. The topological polar surface area (TPSA) is 255 Å². The van der Waals surface area contributed by atoms with Crippen LogP contribution in [0.25, 0.3) is 0 Å². The quantitative estimate of drug-likeness (QED) is 0.0195. The summed E-state index contributed by atoms with van der Waals surface area (Å²) < 4.78 is 101. The number of carbonyl (C=O) groups is 3. The van der Waals surface area contributed by atoms with Crippen LogP contribution in [0.15, 0.2) is 94.4 Å². The number of sulfonamides is 1. The van der Waals surface area contributed by atoms with E-state index in [0.29, 0.717) is 40.6 Å². The van der Waals surface area contributed by atoms with Gasteiger partial charge in [0, 0.05) is 98.1 Å². The van der Waals surface area contributed by atoms with E-state index in [-0.39, 0.29) is 55.0 Å². The van der Waals surface area contributed by atoms with Gasteiger partial charge in [0.05, 0.1) is 21.0 Å². The van der Waals surface area contributed by atoms with Gasteiger partial charge in [-0.15, -0.1) is 9.40 Å². The number of hydrogen-bond donors (Lipinski definition) is 3. The van der Waals surface area contributed by atoms with E-state index in [2.05, 4.69) is 9.37 Å². The summed E-state index contributed by atoms with van der Waals surface area (Å²) in [5, 5.41) is 12.6. The highest BCUT2D eigenvalue weighted by molar-refractivity contribution is 7.94. The van der Waals surface area contributed by atoms with Gasteiger partial charge in [0.2, 0.25) is 15.7 Å². The van der Waals surface area contributed by atoms with Gasteiger partial charge in [-0.1, -0.05) is 49.3 Å². The predicted octanol–water partition coefficient (Wildman–Crippen LogP) is 5.41. The molecule has 3 aliphatic heterocycles. The Labute approximate surface area is 383 Å². The van der Waals surface area contributed by atoms with E-state index in [4.69, 9.17) is 10.1 Å². The zero-order chi connectivity index (χ0) is 48.0. The molecule has 3 aliphatic rings. The van der Waals surface area contributed by atoms with Crippen molar-refractivity contribution in [3.63, 3.8) is 0 Å². The molecule has 3 heterocycles. The van der Waals surface area contributed by atoms with Crippen molar-refractivity contribution in [2.45, 2.75) is 86.8 Å². The molecule has 5 rings (SSSR count). The molecule has 19 nitrogen and oxygen atoms in total. The van der Waals surface area contributed by atoms with Gasteiger partial charge in [0.15, 0.2) is 5.71 Å². The Morgan fingerprint density at radius 2 is 1.51 bits per heavy atom. The molecule has 0 atom stereocenters. The summed E-state index contributed by atoms with van der Waals surface area (Å²) in [6.45, 7) is 8.33. The van der Waals surface area contributed by atoms with Gasteiger partial charge in [-0.25, -0.2) is 22.8 Å². The zero-order valence-electron chi connectivity index (χ0n) is 36.4. The molecule has 354 valence electrons. The van der Waals surface area contributed by atoms with Crippen LogP contribution in [0.1, 0.15) is 77.3 Å². The number of allylic oxidation sites excluding steroid dienone is 8. The van der Waals surface area contributed by atoms with E-state index in [1.807, 2.05) is 55.4 Å². The second kappa shape index (κ2) is 20.9. The molecule has 0 radical (unpaired) electrons. The van der Waals surface area contributed by atoms with Gasteiger partial charge >= 0.3 is 5.97 Å². The molecular formula is C42H53N4O15S4+. The maximum absolute atomic E-state index is 13.8. The Morgan fingerprint density at radius 3 is 2.17 bits per heavy atom. The second-order valence-electron chi connectivity index (χ2n) is 16.4. The van der Waals surface area contributed by atoms with Crippen LogP contribution < -0.4 is 4.90 Å². The van der Waals surface area contributed by atoms with Crippen LogP contribution in [-0.4, -0.2) is 115 Å². The molecule has 23 heteroatoms. The summed E-state index contributed by atoms with van der Waals surface area (Å²) in [4.78, 5) is 42.5. The van der Waals surface area contributed by atoms with Crippen molar-refractivity contribution in [3.8, 4) is 0 Å². The fraction of sp³-hybridized carbons (Fsp3) is 0.429. The number of hydrogen-bond acceptors (Lipinski definition) is 15. The van der Waals surface area contributed by atoms with Crippen LogP contribution in [0, 0.1) is 0 Å². The molecule has 1 fully saturated rings. The summed E-state index contributed by atoms with van der Waals surface area (Å²) in [7, 11) is -11.4. The Bertz CT molecular complexity index is 2660. The van der Waals surface area contributed by atoms with Gasteiger partial charge in [-0.3, -0.25) is 18.7 Å². The molecule has 2 aromatic rings. The van der Waals surface area contributed by atoms with Crippen LogP contribution in [-0.2, 0) is 69.7 Å². The van der Waals surface area contributed by atoms with Gasteiger partial charge < -0.3 is 9.74 Å². The first-order valence-corrected chi connectivity index (χ1v) is 25.8. The van der Waals surface area contributed by atoms with Crippen molar-refractivity contribution in [3.05, 3.63) is 95.8 Å². The number of hydroxylamine groups is 2. The Morgan fingerprint density at radius 1 is 0.862 bits per heavy atom. The average Bonchev–Trinajstić information content (AvgIpc) is 3.73. The van der Waals surface area contributed by atoms with Crippen LogP contribution in [0.2, 0.25) is 0 Å². The third-order valence-electron chi connectivity index (χ3n) is 11.2. The molecule has 0 bridgehead atoms. The number of fused-ring (bicyclic) bond motifs is 2. The van der Waals surface area contributed by atoms with Crippen LogP contribution in [0.5, 0.6) is 0 Å². The van der Waals surface area contributed by atoms with Gasteiger partial charge in [-0.2, -0.15) is 21.4 Å². The minimum absolute atomic E-state index is 0.0138. The molecule has 2 amide bonds. The number of nitrogens with zero attached hydrogens (tertiary/aromatic N) is 4. The van der Waals surface area contributed by atoms with E-state index in [0.717, 1.165) is 33.4 Å². The second-order valence-corrected chi connectivity index (χ2v) is 22.2. The Balaban J connectivity index is 1.33. The van der Waals surface area contributed by atoms with E-state index in [1.165, 1.54) is 25.2 Å². The number of benzene rings is 2. The monoisotopic (exact) mass is 981 g/mol. The van der Waals surface area contributed by atoms with E-state index < -0.39 is 64.6 Å². The average molecular weight is 982 g/mol. The van der Waals surface area contributed by atoms with Crippen LogP contribution >= 0.6 is 12.0 Å². The predicted molar refractivity (Wildman–Crippen MR) is 241 cm³/mol. The van der Waals surface area contributed by atoms with Crippen LogP contribution in [0.4, 0.5) is 11.4 Å². The molecule has 0 spiro atoms. The van der Waals surface area contributed by atoms with Crippen molar-refractivity contribution in [2.24, 2.45) is 0 Å². The third kappa shape index (κ3) is 12.3. The molecule has 0 aromatic heterocycles. The number of amides is 2. The third-order valence-corrected chi connectivity index (χ3v) is 15.3. The largest absolute Gasteiger partial charge is 0.344 e. The number of carbonyl (C=O) groups excluding carboxylic acids is 3. The molecule has 65 heavy (non-hydrogen) atoms. The van der Waals surface area contributed by atoms with Crippen LogP contribution in [0.3, 0.4) is 0 Å². The van der Waals surface area contributed by atoms with Crippen molar-refractivity contribution < 1.29 is 72.8 Å². The van der Waals surface area contributed by atoms with E-state index in [9.17, 15) is 48.7 Å². The molecule has 0 aliphatic carbocycles.